The van der Waals surface area contributed by atoms with Crippen molar-refractivity contribution in [3.63, 3.8) is 0 Å². The van der Waals surface area contributed by atoms with Gasteiger partial charge in [0, 0.05) is 11.6 Å². The second kappa shape index (κ2) is 6.34. The number of hydrogen-bond donors (Lipinski definition) is 0. The second-order valence-corrected chi connectivity index (χ2v) is 7.67. The maximum atomic E-state index is 13.7. The van der Waals surface area contributed by atoms with Crippen molar-refractivity contribution in [2.45, 2.75) is 24.9 Å². The number of fused-ring (bicyclic) bond motifs is 3. The minimum atomic E-state index is -0.714. The van der Waals surface area contributed by atoms with Gasteiger partial charge in [-0.25, -0.2) is 9.29 Å². The van der Waals surface area contributed by atoms with Crippen LogP contribution in [0.1, 0.15) is 23.2 Å². The zero-order chi connectivity index (χ0) is 19.4. The predicted molar refractivity (Wildman–Crippen MR) is 100 cm³/mol. The van der Waals surface area contributed by atoms with E-state index in [1.807, 2.05) is 11.0 Å². The van der Waals surface area contributed by atoms with Crippen LogP contribution in [-0.4, -0.2) is 41.1 Å². The first kappa shape index (κ1) is 17.3. The molecule has 0 saturated carbocycles. The fourth-order valence-corrected chi connectivity index (χ4v) is 5.16. The van der Waals surface area contributed by atoms with Crippen molar-refractivity contribution < 1.29 is 18.8 Å². The molecule has 142 valence electrons. The molecule has 2 aromatic rings. The number of amides is 2. The minimum absolute atomic E-state index is 0.113. The number of benzene rings is 2. The van der Waals surface area contributed by atoms with Crippen LogP contribution in [-0.2, 0) is 9.59 Å². The summed E-state index contributed by atoms with van der Waals surface area (Å²) in [5, 5.41) is 0. The van der Waals surface area contributed by atoms with Crippen LogP contribution in [0.3, 0.4) is 0 Å². The summed E-state index contributed by atoms with van der Waals surface area (Å²) in [5.74, 6) is -2.60. The van der Waals surface area contributed by atoms with Crippen LogP contribution >= 0.6 is 0 Å². The number of nitrogens with zero attached hydrogens (tertiary/aromatic N) is 2. The van der Waals surface area contributed by atoms with E-state index in [-0.39, 0.29) is 23.4 Å². The highest BCUT2D eigenvalue weighted by Gasteiger charge is 2.64. The Hall–Kier alpha value is -2.86. The molecule has 0 aromatic heterocycles. The molecule has 6 heteroatoms. The molecule has 0 spiro atoms. The van der Waals surface area contributed by atoms with Crippen LogP contribution in [0.5, 0.6) is 0 Å². The molecule has 0 radical (unpaired) electrons. The molecule has 28 heavy (non-hydrogen) atoms. The topological polar surface area (TPSA) is 57.7 Å². The molecule has 3 saturated heterocycles. The van der Waals surface area contributed by atoms with Crippen molar-refractivity contribution in [1.82, 2.24) is 4.90 Å². The van der Waals surface area contributed by atoms with E-state index in [1.54, 1.807) is 30.3 Å². The van der Waals surface area contributed by atoms with E-state index < -0.39 is 29.6 Å². The summed E-state index contributed by atoms with van der Waals surface area (Å²) in [7, 11) is 0. The Morgan fingerprint density at radius 3 is 2.46 bits per heavy atom. The quantitative estimate of drug-likeness (QED) is 0.609. The molecule has 3 fully saturated rings. The van der Waals surface area contributed by atoms with E-state index in [1.165, 1.54) is 18.2 Å². The molecule has 4 atom stereocenters. The minimum Gasteiger partial charge on any atom is -0.292 e. The fourth-order valence-electron chi connectivity index (χ4n) is 5.16. The molecule has 5 nitrogen and oxygen atoms in total. The summed E-state index contributed by atoms with van der Waals surface area (Å²) in [6.45, 7) is 0.710. The second-order valence-electron chi connectivity index (χ2n) is 7.67. The Kier molecular flexibility index (Phi) is 3.91. The highest BCUT2D eigenvalue weighted by atomic mass is 19.1. The van der Waals surface area contributed by atoms with Gasteiger partial charge in [0.25, 0.3) is 0 Å². The number of carbonyl (C=O) groups excluding carboxylic acids is 3. The maximum Gasteiger partial charge on any atom is 0.239 e. The van der Waals surface area contributed by atoms with Crippen LogP contribution in [0.25, 0.3) is 0 Å². The van der Waals surface area contributed by atoms with E-state index in [2.05, 4.69) is 0 Å². The van der Waals surface area contributed by atoms with Gasteiger partial charge in [-0.1, -0.05) is 36.4 Å². The third-order valence-electron chi connectivity index (χ3n) is 6.25. The van der Waals surface area contributed by atoms with E-state index >= 15 is 0 Å². The van der Waals surface area contributed by atoms with Crippen molar-refractivity contribution in [3.05, 3.63) is 66.0 Å². The third-order valence-corrected chi connectivity index (χ3v) is 6.25. The Balaban J connectivity index is 1.56. The van der Waals surface area contributed by atoms with Crippen LogP contribution in [0.2, 0.25) is 0 Å². The molecule has 3 aliphatic heterocycles. The lowest BCUT2D eigenvalue weighted by Gasteiger charge is -2.27. The van der Waals surface area contributed by atoms with Crippen LogP contribution in [0.15, 0.2) is 54.6 Å². The van der Waals surface area contributed by atoms with E-state index in [0.717, 1.165) is 17.7 Å². The van der Waals surface area contributed by atoms with E-state index in [4.69, 9.17) is 0 Å². The molecule has 0 aliphatic carbocycles. The van der Waals surface area contributed by atoms with E-state index in [0.29, 0.717) is 12.1 Å². The van der Waals surface area contributed by atoms with Crippen LogP contribution < -0.4 is 4.90 Å². The fraction of sp³-hybridized carbons (Fsp3) is 0.318. The molecular formula is C22H19FN2O3. The lowest BCUT2D eigenvalue weighted by Crippen LogP contribution is -2.46. The van der Waals surface area contributed by atoms with Crippen molar-refractivity contribution in [3.8, 4) is 0 Å². The molecule has 2 aromatic carbocycles. The highest BCUT2D eigenvalue weighted by Crippen LogP contribution is 2.48. The summed E-state index contributed by atoms with van der Waals surface area (Å²) in [6.07, 6.45) is 1.68. The lowest BCUT2D eigenvalue weighted by atomic mass is 9.85. The highest BCUT2D eigenvalue weighted by molar-refractivity contribution is 6.24. The average molecular weight is 378 g/mol. The number of imide groups is 1. The predicted octanol–water partition coefficient (Wildman–Crippen LogP) is 2.66. The number of rotatable bonds is 3. The van der Waals surface area contributed by atoms with Gasteiger partial charge in [0.2, 0.25) is 11.8 Å². The van der Waals surface area contributed by atoms with Crippen molar-refractivity contribution >= 4 is 23.3 Å². The number of hydrogen-bond acceptors (Lipinski definition) is 4. The van der Waals surface area contributed by atoms with E-state index in [9.17, 15) is 18.8 Å². The third kappa shape index (κ3) is 2.37. The van der Waals surface area contributed by atoms with Crippen LogP contribution in [0, 0.1) is 17.7 Å². The Bertz CT molecular complexity index is 977. The zero-order valence-electron chi connectivity index (χ0n) is 15.1. The first-order valence-electron chi connectivity index (χ1n) is 9.56. The Morgan fingerprint density at radius 2 is 1.71 bits per heavy atom. The van der Waals surface area contributed by atoms with Gasteiger partial charge in [-0.15, -0.1) is 0 Å². The molecule has 0 unspecified atom stereocenters. The SMILES string of the molecule is O=C(c1ccccc1)[C@@H]1[C@@H]2C(=O)N(c3cccc(F)c3)C(=O)[C@@H]2[C@H]2CCCN21. The van der Waals surface area contributed by atoms with Gasteiger partial charge in [-0.2, -0.15) is 0 Å². The number of Topliss-reactive ketones (excluding diaryl/α,β-unsaturated/α-hetero) is 1. The molecule has 0 N–H and O–H groups in total. The Labute approximate surface area is 161 Å². The normalized spacial score (nSPS) is 29.2. The number of anilines is 1. The van der Waals surface area contributed by atoms with Gasteiger partial charge in [-0.05, 0) is 37.6 Å². The number of carbonyl (C=O) groups is 3. The molecule has 5 rings (SSSR count). The van der Waals surface area contributed by atoms with Crippen molar-refractivity contribution in [1.29, 1.82) is 0 Å². The number of halogens is 1. The Morgan fingerprint density at radius 1 is 0.964 bits per heavy atom. The molecular weight excluding hydrogens is 359 g/mol. The molecule has 0 bridgehead atoms. The summed E-state index contributed by atoms with van der Waals surface area (Å²) >= 11 is 0. The zero-order valence-corrected chi connectivity index (χ0v) is 15.1. The van der Waals surface area contributed by atoms with Gasteiger partial charge < -0.3 is 0 Å². The summed E-state index contributed by atoms with van der Waals surface area (Å²) in [4.78, 5) is 42.9. The van der Waals surface area contributed by atoms with Gasteiger partial charge in [0.15, 0.2) is 5.78 Å². The smallest absolute Gasteiger partial charge is 0.239 e. The average Bonchev–Trinajstić information content (AvgIpc) is 3.34. The number of ketones is 1. The first-order chi connectivity index (χ1) is 13.6. The first-order valence-corrected chi connectivity index (χ1v) is 9.56. The monoisotopic (exact) mass is 378 g/mol. The summed E-state index contributed by atoms with van der Waals surface area (Å²) in [5.41, 5.74) is 0.781. The largest absolute Gasteiger partial charge is 0.292 e. The van der Waals surface area contributed by atoms with Gasteiger partial charge in [0.05, 0.1) is 23.6 Å². The molecule has 3 heterocycles. The van der Waals surface area contributed by atoms with Gasteiger partial charge >= 0.3 is 0 Å². The van der Waals surface area contributed by atoms with Gasteiger partial charge in [0.1, 0.15) is 5.82 Å². The summed E-state index contributed by atoms with van der Waals surface area (Å²) in [6, 6.07) is 13.7. The van der Waals surface area contributed by atoms with Crippen LogP contribution in [0.4, 0.5) is 10.1 Å². The summed E-state index contributed by atoms with van der Waals surface area (Å²) < 4.78 is 13.7. The van der Waals surface area contributed by atoms with Crippen molar-refractivity contribution in [2.24, 2.45) is 11.8 Å². The van der Waals surface area contributed by atoms with Crippen molar-refractivity contribution in [2.75, 3.05) is 11.4 Å². The maximum absolute atomic E-state index is 13.7. The molecule has 3 aliphatic rings. The standard InChI is InChI=1S/C22H19FN2O3/c23-14-8-4-9-15(12-14)25-21(27)17-16-10-5-11-24(16)19(18(17)22(25)28)20(26)13-6-2-1-3-7-13/h1-4,6-9,12,16-19H,5,10-11H2/t16-,17-,18-,19+/m1/s1. The van der Waals surface area contributed by atoms with Gasteiger partial charge in [-0.3, -0.25) is 19.3 Å². The lowest BCUT2D eigenvalue weighted by molar-refractivity contribution is -0.123. The molecule has 2 amide bonds.